The van der Waals surface area contributed by atoms with Crippen molar-refractivity contribution in [3.63, 3.8) is 0 Å². The van der Waals surface area contributed by atoms with E-state index in [0.29, 0.717) is 0 Å². The summed E-state index contributed by atoms with van der Waals surface area (Å²) in [5.41, 5.74) is 0. The number of carbonyl (C=O) groups excluding carboxylic acids is 2. The molecule has 0 radical (unpaired) electrons. The van der Waals surface area contributed by atoms with Crippen molar-refractivity contribution < 1.29 is 27.5 Å². The summed E-state index contributed by atoms with van der Waals surface area (Å²) in [7, 11) is 0. The molecule has 0 spiro atoms. The minimum Gasteiger partial charge on any atom is -0.461 e. The van der Waals surface area contributed by atoms with Gasteiger partial charge in [-0.2, -0.15) is 13.2 Å². The summed E-state index contributed by atoms with van der Waals surface area (Å²) in [4.78, 5) is 24.6. The molecule has 1 fully saturated rings. The number of amides is 1. The minimum atomic E-state index is -4.86. The molecule has 1 rings (SSSR count). The fraction of sp³-hybridized carbons (Fsp3) is 0.800. The summed E-state index contributed by atoms with van der Waals surface area (Å²) in [6, 6.07) is 0. The van der Waals surface area contributed by atoms with Gasteiger partial charge in [-0.05, 0) is 0 Å². The molecule has 1 amide bonds. The lowest BCUT2D eigenvalue weighted by Gasteiger charge is -2.34. The summed E-state index contributed by atoms with van der Waals surface area (Å²) in [5.74, 6) is -2.86. The molecule has 0 bridgehead atoms. The Morgan fingerprint density at radius 1 is 1.05 bits per heavy atom. The monoisotopic (exact) mass is 370 g/mol. The third-order valence-corrected chi connectivity index (χ3v) is 3.24. The Hall–Kier alpha value is -0.440. The molecule has 5 nitrogen and oxygen atoms in total. The van der Waals surface area contributed by atoms with Crippen LogP contribution in [0.1, 0.15) is 0 Å². The Balaban J connectivity index is 2.29. The highest BCUT2D eigenvalue weighted by Gasteiger charge is 2.43. The van der Waals surface area contributed by atoms with Crippen LogP contribution in [0.25, 0.3) is 0 Å². The average molecular weight is 372 g/mol. The van der Waals surface area contributed by atoms with Crippen LogP contribution in [0.3, 0.4) is 0 Å². The number of halogens is 6. The van der Waals surface area contributed by atoms with Crippen LogP contribution in [0.15, 0.2) is 0 Å². The number of ether oxygens (including phenoxy) is 1. The van der Waals surface area contributed by atoms with Crippen LogP contribution in [-0.2, 0) is 14.3 Å². The van der Waals surface area contributed by atoms with Gasteiger partial charge in [-0.3, -0.25) is 9.69 Å². The topological polar surface area (TPSA) is 49.9 Å². The number of nitrogens with zero attached hydrogens (tertiary/aromatic N) is 2. The van der Waals surface area contributed by atoms with Gasteiger partial charge in [-0.1, -0.05) is 34.8 Å². The molecule has 1 aliphatic rings. The third kappa shape index (κ3) is 6.06. The molecule has 0 aromatic rings. The summed E-state index contributed by atoms with van der Waals surface area (Å²) in [5, 5.41) is 0. The molecule has 21 heavy (non-hydrogen) atoms. The van der Waals surface area contributed by atoms with Crippen molar-refractivity contribution in [2.45, 2.75) is 9.97 Å². The zero-order valence-electron chi connectivity index (χ0n) is 10.6. The average Bonchev–Trinajstić information content (AvgIpc) is 2.36. The van der Waals surface area contributed by atoms with E-state index in [9.17, 15) is 22.8 Å². The molecule has 0 atom stereocenters. The van der Waals surface area contributed by atoms with E-state index >= 15 is 0 Å². The molecule has 0 N–H and O–H groups in total. The number of hydrogen-bond donors (Lipinski definition) is 0. The highest BCUT2D eigenvalue weighted by molar-refractivity contribution is 6.75. The SMILES string of the molecule is O=C(N1CCN(CCOC(=O)C(Cl)(Cl)Cl)CC1)C(F)(F)F. The van der Waals surface area contributed by atoms with Crippen LogP contribution in [0.5, 0.6) is 0 Å². The quantitative estimate of drug-likeness (QED) is 0.559. The van der Waals surface area contributed by atoms with Gasteiger partial charge in [0.2, 0.25) is 0 Å². The van der Waals surface area contributed by atoms with E-state index < -0.39 is 21.8 Å². The molecule has 1 saturated heterocycles. The van der Waals surface area contributed by atoms with E-state index in [0.717, 1.165) is 4.90 Å². The summed E-state index contributed by atoms with van der Waals surface area (Å²) in [6.45, 7) is 0.619. The maximum absolute atomic E-state index is 12.2. The molecule has 122 valence electrons. The Morgan fingerprint density at radius 3 is 2.00 bits per heavy atom. The lowest BCUT2D eigenvalue weighted by atomic mass is 10.3. The number of hydrogen-bond acceptors (Lipinski definition) is 4. The van der Waals surface area contributed by atoms with Crippen LogP contribution >= 0.6 is 34.8 Å². The predicted octanol–water partition coefficient (Wildman–Crippen LogP) is 1.61. The molecular formula is C10H12Cl3F3N2O3. The first-order chi connectivity index (χ1) is 9.51. The number of carbonyl (C=O) groups is 2. The van der Waals surface area contributed by atoms with E-state index in [1.54, 1.807) is 4.90 Å². The van der Waals surface area contributed by atoms with Gasteiger partial charge >= 0.3 is 18.1 Å². The van der Waals surface area contributed by atoms with Gasteiger partial charge in [0.1, 0.15) is 6.61 Å². The maximum Gasteiger partial charge on any atom is 0.471 e. The van der Waals surface area contributed by atoms with Gasteiger partial charge in [0.15, 0.2) is 0 Å². The number of alkyl halides is 6. The molecule has 1 heterocycles. The number of esters is 1. The zero-order chi connectivity index (χ0) is 16.3. The smallest absolute Gasteiger partial charge is 0.461 e. The first kappa shape index (κ1) is 18.6. The Labute approximate surface area is 133 Å². The first-order valence-corrected chi connectivity index (χ1v) is 6.97. The normalized spacial score (nSPS) is 17.7. The second-order valence-corrected chi connectivity index (χ2v) is 6.55. The molecule has 0 saturated carbocycles. The standard InChI is InChI=1S/C10H12Cl3F3N2O3/c11-9(12,13)8(20)21-6-5-17-1-3-18(4-2-17)7(19)10(14,15)16/h1-6H2. The van der Waals surface area contributed by atoms with Gasteiger partial charge in [0.05, 0.1) is 0 Å². The lowest BCUT2D eigenvalue weighted by Crippen LogP contribution is -2.52. The van der Waals surface area contributed by atoms with Crippen molar-refractivity contribution in [2.24, 2.45) is 0 Å². The third-order valence-electron chi connectivity index (χ3n) is 2.77. The highest BCUT2D eigenvalue weighted by Crippen LogP contribution is 2.27. The van der Waals surface area contributed by atoms with Crippen LogP contribution in [0.2, 0.25) is 0 Å². The zero-order valence-corrected chi connectivity index (χ0v) is 12.9. The van der Waals surface area contributed by atoms with Gasteiger partial charge in [-0.15, -0.1) is 0 Å². The molecule has 0 aromatic carbocycles. The largest absolute Gasteiger partial charge is 0.471 e. The van der Waals surface area contributed by atoms with Crippen molar-refractivity contribution >= 4 is 46.7 Å². The molecule has 11 heteroatoms. The van der Waals surface area contributed by atoms with Crippen molar-refractivity contribution in [3.8, 4) is 0 Å². The van der Waals surface area contributed by atoms with E-state index in [2.05, 4.69) is 0 Å². The number of piperazine rings is 1. The van der Waals surface area contributed by atoms with Gasteiger partial charge in [0.25, 0.3) is 3.79 Å². The van der Waals surface area contributed by atoms with Gasteiger partial charge < -0.3 is 9.64 Å². The van der Waals surface area contributed by atoms with Crippen LogP contribution in [0, 0.1) is 0 Å². The molecular weight excluding hydrogens is 359 g/mol. The fourth-order valence-electron chi connectivity index (χ4n) is 1.70. The number of rotatable bonds is 3. The van der Waals surface area contributed by atoms with E-state index in [1.165, 1.54) is 0 Å². The molecule has 0 unspecified atom stereocenters. The van der Waals surface area contributed by atoms with Gasteiger partial charge in [-0.25, -0.2) is 4.79 Å². The van der Waals surface area contributed by atoms with E-state index in [4.69, 9.17) is 39.5 Å². The van der Waals surface area contributed by atoms with Crippen molar-refractivity contribution in [3.05, 3.63) is 0 Å². The fourth-order valence-corrected chi connectivity index (χ4v) is 1.87. The lowest BCUT2D eigenvalue weighted by molar-refractivity contribution is -0.187. The Kier molecular flexibility index (Phi) is 6.39. The first-order valence-electron chi connectivity index (χ1n) is 5.84. The van der Waals surface area contributed by atoms with Crippen LogP contribution in [-0.4, -0.2) is 71.0 Å². The summed E-state index contributed by atoms with van der Waals surface area (Å²) >= 11 is 15.9. The van der Waals surface area contributed by atoms with E-state index in [-0.39, 0.29) is 39.3 Å². The summed E-state index contributed by atoms with van der Waals surface area (Å²) in [6.07, 6.45) is -4.86. The predicted molar refractivity (Wildman–Crippen MR) is 70.3 cm³/mol. The Bertz CT molecular complexity index is 390. The summed E-state index contributed by atoms with van der Waals surface area (Å²) < 4.78 is 39.2. The van der Waals surface area contributed by atoms with Crippen molar-refractivity contribution in [2.75, 3.05) is 39.3 Å². The van der Waals surface area contributed by atoms with E-state index in [1.807, 2.05) is 0 Å². The molecule has 0 aliphatic carbocycles. The highest BCUT2D eigenvalue weighted by atomic mass is 35.6. The van der Waals surface area contributed by atoms with Crippen LogP contribution < -0.4 is 0 Å². The van der Waals surface area contributed by atoms with Crippen molar-refractivity contribution in [1.29, 1.82) is 0 Å². The second-order valence-electron chi connectivity index (χ2n) is 4.27. The second kappa shape index (κ2) is 7.21. The molecule has 0 aromatic heterocycles. The van der Waals surface area contributed by atoms with Crippen molar-refractivity contribution in [1.82, 2.24) is 9.80 Å². The van der Waals surface area contributed by atoms with Gasteiger partial charge in [0, 0.05) is 32.7 Å². The van der Waals surface area contributed by atoms with Crippen LogP contribution in [0.4, 0.5) is 13.2 Å². The maximum atomic E-state index is 12.2. The minimum absolute atomic E-state index is 0.0449. The molecule has 1 aliphatic heterocycles. The Morgan fingerprint density at radius 2 is 1.57 bits per heavy atom.